The van der Waals surface area contributed by atoms with Crippen LogP contribution in [-0.2, 0) is 9.59 Å². The van der Waals surface area contributed by atoms with Crippen molar-refractivity contribution in [3.8, 4) is 17.6 Å². The maximum atomic E-state index is 10.2. The molecule has 0 saturated heterocycles. The van der Waals surface area contributed by atoms with E-state index in [-0.39, 0.29) is 12.1 Å². The molecule has 0 bridgehead atoms. The zero-order chi connectivity index (χ0) is 27.8. The van der Waals surface area contributed by atoms with Crippen LogP contribution >= 0.6 is 0 Å². The fraction of sp³-hybridized carbons (Fsp3) is 0.379. The Morgan fingerprint density at radius 2 is 1.54 bits per heavy atom. The number of nitrogens with one attached hydrogen (secondary N) is 1. The van der Waals surface area contributed by atoms with Crippen LogP contribution in [0.25, 0.3) is 0 Å². The van der Waals surface area contributed by atoms with Crippen molar-refractivity contribution in [2.75, 3.05) is 31.1 Å². The van der Waals surface area contributed by atoms with Crippen LogP contribution in [0.4, 0.5) is 5.69 Å². The molecule has 0 saturated carbocycles. The summed E-state index contributed by atoms with van der Waals surface area (Å²) >= 11 is 0. The number of aliphatic hydroxyl groups excluding tert-OH is 1. The van der Waals surface area contributed by atoms with Crippen LogP contribution in [0, 0.1) is 11.8 Å². The third-order valence-corrected chi connectivity index (χ3v) is 4.89. The summed E-state index contributed by atoms with van der Waals surface area (Å²) in [6.45, 7) is 13.2. The normalized spacial score (nSPS) is 11.5. The van der Waals surface area contributed by atoms with Gasteiger partial charge in [-0.15, -0.1) is 0 Å². The van der Waals surface area contributed by atoms with E-state index < -0.39 is 18.0 Å². The number of carbonyl (C=O) groups is 2. The van der Waals surface area contributed by atoms with E-state index >= 15 is 0 Å². The van der Waals surface area contributed by atoms with Gasteiger partial charge in [0.15, 0.2) is 0 Å². The fourth-order valence-corrected chi connectivity index (χ4v) is 2.99. The van der Waals surface area contributed by atoms with Crippen LogP contribution in [0.15, 0.2) is 60.7 Å². The summed E-state index contributed by atoms with van der Waals surface area (Å²) in [5.41, 5.74) is 2.95. The molecule has 1 atom stereocenters. The van der Waals surface area contributed by atoms with Gasteiger partial charge in [-0.3, -0.25) is 0 Å². The van der Waals surface area contributed by atoms with Crippen LogP contribution in [-0.4, -0.2) is 65.1 Å². The lowest BCUT2D eigenvalue weighted by Crippen LogP contribution is -2.42. The first-order valence-electron chi connectivity index (χ1n) is 12.1. The number of aliphatic hydroxyl groups is 1. The summed E-state index contributed by atoms with van der Waals surface area (Å²) in [6, 6.07) is 16.0. The highest BCUT2D eigenvalue weighted by atomic mass is 16.5. The van der Waals surface area contributed by atoms with Gasteiger partial charge in [-0.05, 0) is 71.0 Å². The van der Waals surface area contributed by atoms with E-state index in [1.807, 2.05) is 36.4 Å². The standard InChI is InChI=1S/C25H34N2O2.C4H4O4/c1-6-27(7-2)22-16-13-20(14-17-22)12-15-21-10-8-9-11-24(21)29-19-23(28)18-26-25(3,4)5;5-3(6)1-2-4(7)8/h8-11,13-14,16-17,23,26,28H,6-7,18-19H2,1-5H3;1-2H,(H,5,6)(H,7,8)/b;2-1+. The monoisotopic (exact) mass is 510 g/mol. The molecule has 0 aliphatic carbocycles. The van der Waals surface area contributed by atoms with Gasteiger partial charge in [-0.2, -0.15) is 0 Å². The van der Waals surface area contributed by atoms with Crippen molar-refractivity contribution in [2.24, 2.45) is 0 Å². The van der Waals surface area contributed by atoms with Gasteiger partial charge < -0.3 is 30.3 Å². The molecule has 2 rings (SSSR count). The van der Waals surface area contributed by atoms with E-state index in [2.05, 4.69) is 68.8 Å². The minimum atomic E-state index is -1.26. The van der Waals surface area contributed by atoms with E-state index in [1.165, 1.54) is 5.69 Å². The minimum absolute atomic E-state index is 0.0365. The van der Waals surface area contributed by atoms with Crippen LogP contribution in [0.3, 0.4) is 0 Å². The lowest BCUT2D eigenvalue weighted by molar-refractivity contribution is -0.134. The number of carboxylic acid groups (broad SMARTS) is 2. The van der Waals surface area contributed by atoms with Crippen molar-refractivity contribution in [1.29, 1.82) is 0 Å². The molecule has 0 heterocycles. The summed E-state index contributed by atoms with van der Waals surface area (Å²) in [7, 11) is 0. The second kappa shape index (κ2) is 16.0. The number of ether oxygens (including phenoxy) is 1. The van der Waals surface area contributed by atoms with Gasteiger partial charge in [-0.1, -0.05) is 24.0 Å². The van der Waals surface area contributed by atoms with Gasteiger partial charge in [0.1, 0.15) is 18.5 Å². The number of hydrogen-bond acceptors (Lipinski definition) is 6. The van der Waals surface area contributed by atoms with Crippen molar-refractivity contribution in [3.05, 3.63) is 71.8 Å². The van der Waals surface area contributed by atoms with E-state index in [0.29, 0.717) is 24.4 Å². The number of para-hydroxylation sites is 1. The van der Waals surface area contributed by atoms with Crippen LogP contribution in [0.1, 0.15) is 45.7 Å². The third-order valence-electron chi connectivity index (χ3n) is 4.89. The zero-order valence-electron chi connectivity index (χ0n) is 22.2. The average Bonchev–Trinajstić information content (AvgIpc) is 2.85. The third kappa shape index (κ3) is 13.8. The zero-order valence-corrected chi connectivity index (χ0v) is 22.2. The number of β-amino-alcohol motifs (C(OH)–C–C–N with tert-alkyl or cyclic N) is 1. The van der Waals surface area contributed by atoms with Gasteiger partial charge in [0, 0.05) is 48.6 Å². The van der Waals surface area contributed by atoms with E-state index in [9.17, 15) is 14.7 Å². The van der Waals surface area contributed by atoms with E-state index in [4.69, 9.17) is 14.9 Å². The van der Waals surface area contributed by atoms with Gasteiger partial charge in [-0.25, -0.2) is 9.59 Å². The summed E-state index contributed by atoms with van der Waals surface area (Å²) in [5, 5.41) is 29.1. The lowest BCUT2D eigenvalue weighted by atomic mass is 10.1. The number of nitrogens with zero attached hydrogens (tertiary/aromatic N) is 1. The number of carboxylic acids is 2. The van der Waals surface area contributed by atoms with E-state index in [1.54, 1.807) is 0 Å². The molecule has 4 N–H and O–H groups in total. The Morgan fingerprint density at radius 1 is 0.973 bits per heavy atom. The lowest BCUT2D eigenvalue weighted by Gasteiger charge is -2.23. The molecule has 0 spiro atoms. The minimum Gasteiger partial charge on any atom is -0.490 e. The summed E-state index contributed by atoms with van der Waals surface area (Å²) < 4.78 is 5.83. The number of anilines is 1. The Bertz CT molecular complexity index is 1060. The highest BCUT2D eigenvalue weighted by Crippen LogP contribution is 2.18. The summed E-state index contributed by atoms with van der Waals surface area (Å²) in [5.74, 6) is 4.59. The van der Waals surface area contributed by atoms with Crippen molar-refractivity contribution < 1.29 is 29.6 Å². The van der Waals surface area contributed by atoms with Crippen molar-refractivity contribution in [2.45, 2.75) is 46.3 Å². The average molecular weight is 511 g/mol. The largest absolute Gasteiger partial charge is 0.490 e. The molecule has 0 fully saturated rings. The van der Waals surface area contributed by atoms with Gasteiger partial charge in [0.2, 0.25) is 0 Å². The van der Waals surface area contributed by atoms with Crippen LogP contribution < -0.4 is 15.0 Å². The first-order chi connectivity index (χ1) is 17.4. The molecule has 1 unspecified atom stereocenters. The molecular formula is C29H38N2O6. The highest BCUT2D eigenvalue weighted by molar-refractivity contribution is 5.89. The molecule has 0 radical (unpaired) electrons. The highest BCUT2D eigenvalue weighted by Gasteiger charge is 2.13. The first kappa shape index (κ1) is 31.2. The molecule has 0 aliphatic rings. The molecule has 2 aromatic rings. The van der Waals surface area contributed by atoms with Crippen molar-refractivity contribution in [1.82, 2.24) is 5.32 Å². The predicted octanol–water partition coefficient (Wildman–Crippen LogP) is 3.77. The van der Waals surface area contributed by atoms with Gasteiger partial charge in [0.25, 0.3) is 0 Å². The second-order valence-corrected chi connectivity index (χ2v) is 9.07. The predicted molar refractivity (Wildman–Crippen MR) is 146 cm³/mol. The Kier molecular flexibility index (Phi) is 13.5. The number of aliphatic carboxylic acids is 2. The Morgan fingerprint density at radius 3 is 2.05 bits per heavy atom. The topological polar surface area (TPSA) is 119 Å². The molecule has 0 aliphatic heterocycles. The maximum Gasteiger partial charge on any atom is 0.328 e. The second-order valence-electron chi connectivity index (χ2n) is 9.07. The Hall–Kier alpha value is -3.80. The maximum absolute atomic E-state index is 10.2. The van der Waals surface area contributed by atoms with Gasteiger partial charge >= 0.3 is 11.9 Å². The summed E-state index contributed by atoms with van der Waals surface area (Å²) in [4.78, 5) is 21.4. The molecule has 8 heteroatoms. The Labute approximate surface area is 219 Å². The Balaban J connectivity index is 0.000000738. The smallest absolute Gasteiger partial charge is 0.328 e. The van der Waals surface area contributed by atoms with Crippen molar-refractivity contribution >= 4 is 17.6 Å². The quantitative estimate of drug-likeness (QED) is 0.282. The number of benzene rings is 2. The SMILES string of the molecule is CCN(CC)c1ccc(C#Cc2ccccc2OCC(O)CNC(C)(C)C)cc1.O=C(O)/C=C/C(=O)O. The van der Waals surface area contributed by atoms with Crippen LogP contribution in [0.2, 0.25) is 0 Å². The fourth-order valence-electron chi connectivity index (χ4n) is 2.99. The molecule has 8 nitrogen and oxygen atoms in total. The molecular weight excluding hydrogens is 472 g/mol. The van der Waals surface area contributed by atoms with Crippen LogP contribution in [0.5, 0.6) is 5.75 Å². The molecule has 2 aromatic carbocycles. The number of rotatable bonds is 10. The molecule has 200 valence electrons. The van der Waals surface area contributed by atoms with E-state index in [0.717, 1.165) is 24.2 Å². The molecule has 37 heavy (non-hydrogen) atoms. The molecule has 0 amide bonds. The van der Waals surface area contributed by atoms with Gasteiger partial charge in [0.05, 0.1) is 5.56 Å². The molecule has 0 aromatic heterocycles. The number of hydrogen-bond donors (Lipinski definition) is 4. The summed E-state index contributed by atoms with van der Waals surface area (Å²) in [6.07, 6.45) is 0.535. The van der Waals surface area contributed by atoms with Crippen molar-refractivity contribution in [3.63, 3.8) is 0 Å². The first-order valence-corrected chi connectivity index (χ1v) is 12.1.